The molecule has 0 N–H and O–H groups in total. The monoisotopic (exact) mass is 311 g/mol. The summed E-state index contributed by atoms with van der Waals surface area (Å²) in [6.07, 6.45) is 1.36. The van der Waals surface area contributed by atoms with Gasteiger partial charge in [-0.25, -0.2) is 9.67 Å². The van der Waals surface area contributed by atoms with Gasteiger partial charge in [-0.1, -0.05) is 35.3 Å². The second kappa shape index (κ2) is 4.92. The molecular weight excluding hydrogens is 305 g/mol. The van der Waals surface area contributed by atoms with Crippen molar-refractivity contribution in [2.45, 2.75) is 6.54 Å². The van der Waals surface area contributed by atoms with E-state index in [9.17, 15) is 4.79 Å². The van der Waals surface area contributed by atoms with Crippen LogP contribution in [-0.2, 0) is 6.54 Å². The molecule has 1 aromatic carbocycles. The van der Waals surface area contributed by atoms with Gasteiger partial charge in [-0.15, -0.1) is 11.3 Å². The zero-order valence-corrected chi connectivity index (χ0v) is 11.8. The maximum absolute atomic E-state index is 11.9. The zero-order chi connectivity index (χ0) is 13.4. The molecule has 0 atom stereocenters. The summed E-state index contributed by atoms with van der Waals surface area (Å²) in [4.78, 5) is 16.3. The Hall–Kier alpha value is -1.43. The SMILES string of the molecule is O=c1c(Cl)c(Cl)cnn1Cc1nc2ccccc2s1. The molecular formula is C12H7Cl2N3OS. The molecule has 0 aliphatic carbocycles. The standard InChI is InChI=1S/C12H7Cl2N3OS/c13-7-5-15-17(12(18)11(7)14)6-10-16-8-3-1-2-4-9(8)19-10/h1-5H,6H2. The quantitative estimate of drug-likeness (QED) is 0.730. The summed E-state index contributed by atoms with van der Waals surface area (Å²) in [5.74, 6) is 0. The minimum absolute atomic E-state index is 0.0159. The molecule has 3 rings (SSSR count). The topological polar surface area (TPSA) is 47.8 Å². The summed E-state index contributed by atoms with van der Waals surface area (Å²) in [6, 6.07) is 7.80. The van der Waals surface area contributed by atoms with E-state index in [2.05, 4.69) is 10.1 Å². The van der Waals surface area contributed by atoms with Crippen molar-refractivity contribution in [3.05, 3.63) is 55.9 Å². The molecule has 0 bridgehead atoms. The highest BCUT2D eigenvalue weighted by atomic mass is 35.5. The van der Waals surface area contributed by atoms with E-state index >= 15 is 0 Å². The van der Waals surface area contributed by atoms with Crippen molar-refractivity contribution in [1.82, 2.24) is 14.8 Å². The fraction of sp³-hybridized carbons (Fsp3) is 0.0833. The van der Waals surface area contributed by atoms with Crippen molar-refractivity contribution < 1.29 is 0 Å². The lowest BCUT2D eigenvalue weighted by molar-refractivity contribution is 0.637. The maximum atomic E-state index is 11.9. The van der Waals surface area contributed by atoms with Gasteiger partial charge >= 0.3 is 0 Å². The first-order valence-electron chi connectivity index (χ1n) is 5.41. The smallest absolute Gasteiger partial charge is 0.266 e. The molecule has 4 nitrogen and oxygen atoms in total. The number of hydrogen-bond acceptors (Lipinski definition) is 4. The molecule has 3 aromatic rings. The van der Waals surface area contributed by atoms with Gasteiger partial charge in [0.05, 0.1) is 28.0 Å². The Bertz CT molecular complexity index is 779. The van der Waals surface area contributed by atoms with Crippen LogP contribution in [0.4, 0.5) is 0 Å². The lowest BCUT2D eigenvalue weighted by Crippen LogP contribution is -2.23. The normalized spacial score (nSPS) is 11.1. The lowest BCUT2D eigenvalue weighted by Gasteiger charge is -2.02. The molecule has 0 amide bonds. The highest BCUT2D eigenvalue weighted by molar-refractivity contribution is 7.18. The van der Waals surface area contributed by atoms with Gasteiger partial charge in [0, 0.05) is 0 Å². The van der Waals surface area contributed by atoms with E-state index in [0.29, 0.717) is 0 Å². The summed E-state index contributed by atoms with van der Waals surface area (Å²) < 4.78 is 2.33. The Kier molecular flexibility index (Phi) is 3.26. The van der Waals surface area contributed by atoms with E-state index in [1.54, 1.807) is 0 Å². The van der Waals surface area contributed by atoms with E-state index in [1.807, 2.05) is 24.3 Å². The number of halogens is 2. The summed E-state index contributed by atoms with van der Waals surface area (Å²) >= 11 is 13.1. The molecule has 19 heavy (non-hydrogen) atoms. The van der Waals surface area contributed by atoms with Crippen LogP contribution >= 0.6 is 34.5 Å². The van der Waals surface area contributed by atoms with Gasteiger partial charge < -0.3 is 0 Å². The molecule has 0 aliphatic rings. The Balaban J connectivity index is 2.01. The van der Waals surface area contributed by atoms with Crippen LogP contribution in [0, 0.1) is 0 Å². The molecule has 96 valence electrons. The Morgan fingerprint density at radius 1 is 1.26 bits per heavy atom. The Morgan fingerprint density at radius 3 is 2.84 bits per heavy atom. The molecule has 2 heterocycles. The lowest BCUT2D eigenvalue weighted by atomic mass is 10.3. The van der Waals surface area contributed by atoms with Gasteiger partial charge in [0.15, 0.2) is 0 Å². The van der Waals surface area contributed by atoms with Crippen LogP contribution < -0.4 is 5.56 Å². The van der Waals surface area contributed by atoms with Gasteiger partial charge in [0.2, 0.25) is 0 Å². The second-order valence-corrected chi connectivity index (χ2v) is 5.74. The molecule has 7 heteroatoms. The van der Waals surface area contributed by atoms with Gasteiger partial charge in [0.25, 0.3) is 5.56 Å². The van der Waals surface area contributed by atoms with Crippen LogP contribution in [0.25, 0.3) is 10.2 Å². The highest BCUT2D eigenvalue weighted by Gasteiger charge is 2.10. The predicted octanol–water partition coefficient (Wildman–Crippen LogP) is 3.21. The number of thiazole rings is 1. The number of hydrogen-bond donors (Lipinski definition) is 0. The average molecular weight is 312 g/mol. The van der Waals surface area contributed by atoms with Gasteiger partial charge in [-0.05, 0) is 12.1 Å². The predicted molar refractivity (Wildman–Crippen MR) is 77.2 cm³/mol. The first-order chi connectivity index (χ1) is 9.15. The fourth-order valence-corrected chi connectivity index (χ4v) is 2.89. The van der Waals surface area contributed by atoms with Crippen molar-refractivity contribution in [2.24, 2.45) is 0 Å². The number of benzene rings is 1. The van der Waals surface area contributed by atoms with Crippen LogP contribution in [0.2, 0.25) is 10.0 Å². The zero-order valence-electron chi connectivity index (χ0n) is 9.51. The van der Waals surface area contributed by atoms with Crippen LogP contribution in [0.5, 0.6) is 0 Å². The van der Waals surface area contributed by atoms with E-state index in [1.165, 1.54) is 22.2 Å². The maximum Gasteiger partial charge on any atom is 0.287 e. The largest absolute Gasteiger partial charge is 0.287 e. The molecule has 2 aromatic heterocycles. The number of para-hydroxylation sites is 1. The van der Waals surface area contributed by atoms with Crippen molar-refractivity contribution >= 4 is 44.8 Å². The summed E-state index contributed by atoms with van der Waals surface area (Å²) in [5.41, 5.74) is 0.504. The number of rotatable bonds is 2. The second-order valence-electron chi connectivity index (χ2n) is 3.84. The number of aromatic nitrogens is 3. The van der Waals surface area contributed by atoms with Gasteiger partial charge in [0.1, 0.15) is 10.0 Å². The average Bonchev–Trinajstić information content (AvgIpc) is 2.82. The third-order valence-corrected chi connectivity index (χ3v) is 4.34. The highest BCUT2D eigenvalue weighted by Crippen LogP contribution is 2.22. The van der Waals surface area contributed by atoms with E-state index in [4.69, 9.17) is 23.2 Å². The fourth-order valence-electron chi connectivity index (χ4n) is 1.67. The van der Waals surface area contributed by atoms with Crippen molar-refractivity contribution in [1.29, 1.82) is 0 Å². The number of fused-ring (bicyclic) bond motifs is 1. The minimum atomic E-state index is -0.409. The van der Waals surface area contributed by atoms with Gasteiger partial charge in [-0.2, -0.15) is 5.10 Å². The van der Waals surface area contributed by atoms with Crippen molar-refractivity contribution in [3.8, 4) is 0 Å². The molecule has 0 aliphatic heterocycles. The van der Waals surface area contributed by atoms with Crippen LogP contribution in [0.1, 0.15) is 5.01 Å². The molecule has 0 unspecified atom stereocenters. The summed E-state index contributed by atoms with van der Waals surface area (Å²) in [7, 11) is 0. The summed E-state index contributed by atoms with van der Waals surface area (Å²) in [6.45, 7) is 0.287. The number of nitrogens with zero attached hydrogens (tertiary/aromatic N) is 3. The van der Waals surface area contributed by atoms with Crippen molar-refractivity contribution in [3.63, 3.8) is 0 Å². The van der Waals surface area contributed by atoms with Crippen LogP contribution in [0.15, 0.2) is 35.3 Å². The minimum Gasteiger partial charge on any atom is -0.266 e. The van der Waals surface area contributed by atoms with E-state index in [0.717, 1.165) is 15.2 Å². The third kappa shape index (κ3) is 2.36. The Morgan fingerprint density at radius 2 is 2.05 bits per heavy atom. The van der Waals surface area contributed by atoms with E-state index < -0.39 is 5.56 Å². The molecule has 0 fully saturated rings. The first kappa shape index (κ1) is 12.6. The van der Waals surface area contributed by atoms with Crippen molar-refractivity contribution in [2.75, 3.05) is 0 Å². The first-order valence-corrected chi connectivity index (χ1v) is 6.98. The Labute approximate surface area is 122 Å². The third-order valence-electron chi connectivity index (χ3n) is 2.57. The summed E-state index contributed by atoms with van der Waals surface area (Å²) in [5, 5.41) is 4.90. The molecule has 0 saturated heterocycles. The van der Waals surface area contributed by atoms with Crippen LogP contribution in [-0.4, -0.2) is 14.8 Å². The molecule has 0 saturated carbocycles. The molecule has 0 radical (unpaired) electrons. The van der Waals surface area contributed by atoms with Gasteiger partial charge in [-0.3, -0.25) is 4.79 Å². The van der Waals surface area contributed by atoms with E-state index in [-0.39, 0.29) is 16.6 Å². The molecule has 0 spiro atoms. The van der Waals surface area contributed by atoms with Crippen LogP contribution in [0.3, 0.4) is 0 Å².